The third kappa shape index (κ3) is 5.45. The summed E-state index contributed by atoms with van der Waals surface area (Å²) in [5.41, 5.74) is 8.49. The van der Waals surface area contributed by atoms with E-state index in [9.17, 15) is 13.2 Å². The highest BCUT2D eigenvalue weighted by atomic mass is 32.2. The second kappa shape index (κ2) is 10.2. The van der Waals surface area contributed by atoms with Crippen molar-refractivity contribution in [1.82, 2.24) is 15.8 Å². The minimum atomic E-state index is -3.74. The number of carbonyl (C=O) groups excluding carboxylic acids is 1. The van der Waals surface area contributed by atoms with Gasteiger partial charge >= 0.3 is 0 Å². The zero-order chi connectivity index (χ0) is 24.3. The molecule has 1 amide bonds. The highest BCUT2D eigenvalue weighted by molar-refractivity contribution is 7.93. The first kappa shape index (κ1) is 24.3. The van der Waals surface area contributed by atoms with Crippen LogP contribution in [0, 0.1) is 6.92 Å². The molecule has 0 spiro atoms. The van der Waals surface area contributed by atoms with Gasteiger partial charge in [-0.3, -0.25) is 9.52 Å². The van der Waals surface area contributed by atoms with Crippen molar-refractivity contribution in [2.45, 2.75) is 44.6 Å². The van der Waals surface area contributed by atoms with Gasteiger partial charge in [0.1, 0.15) is 17.2 Å². The van der Waals surface area contributed by atoms with E-state index in [2.05, 4.69) is 52.5 Å². The number of sulfonamides is 1. The minimum absolute atomic E-state index is 0.0815. The number of aryl methyl sites for hydroxylation is 1. The molecule has 10 heteroatoms. The molecule has 2 saturated heterocycles. The van der Waals surface area contributed by atoms with Gasteiger partial charge in [-0.15, -0.1) is 0 Å². The van der Waals surface area contributed by atoms with Crippen molar-refractivity contribution in [1.29, 1.82) is 0 Å². The Morgan fingerprint density at radius 3 is 2.59 bits per heavy atom. The molecule has 2 aliphatic heterocycles. The molecule has 2 heterocycles. The van der Waals surface area contributed by atoms with Gasteiger partial charge in [0.25, 0.3) is 0 Å². The molecule has 0 saturated carbocycles. The number of benzene rings is 2. The normalized spacial score (nSPS) is 23.1. The summed E-state index contributed by atoms with van der Waals surface area (Å²) in [7, 11) is -3.74. The van der Waals surface area contributed by atoms with Crippen LogP contribution in [0.4, 0.5) is 11.4 Å². The molecule has 0 bridgehead atoms. The Kier molecular flexibility index (Phi) is 7.30. The van der Waals surface area contributed by atoms with Crippen LogP contribution in [-0.2, 0) is 14.8 Å². The summed E-state index contributed by atoms with van der Waals surface area (Å²) in [5, 5.41) is -0.918. The zero-order valence-corrected chi connectivity index (χ0v) is 20.6. The molecule has 2 aromatic rings. The number of nitrogens with one attached hydrogen (secondary N) is 3. The van der Waals surface area contributed by atoms with E-state index in [0.29, 0.717) is 31.1 Å². The van der Waals surface area contributed by atoms with E-state index in [1.165, 1.54) is 5.56 Å². The molecule has 0 aliphatic carbocycles. The van der Waals surface area contributed by atoms with E-state index in [4.69, 9.17) is 4.74 Å². The van der Waals surface area contributed by atoms with Gasteiger partial charge < -0.3 is 14.5 Å². The van der Waals surface area contributed by atoms with Gasteiger partial charge in [0.05, 0.1) is 6.61 Å². The first-order valence-corrected chi connectivity index (χ1v) is 13.2. The van der Waals surface area contributed by atoms with Crippen LogP contribution in [0.5, 0.6) is 5.75 Å². The van der Waals surface area contributed by atoms with E-state index in [1.807, 2.05) is 17.9 Å². The number of amides is 1. The van der Waals surface area contributed by atoms with Crippen LogP contribution in [0.25, 0.3) is 0 Å². The third-order valence-corrected chi connectivity index (χ3v) is 7.82. The van der Waals surface area contributed by atoms with Crippen LogP contribution in [0.15, 0.2) is 48.5 Å². The first-order valence-electron chi connectivity index (χ1n) is 11.6. The molecule has 0 radical (unpaired) electrons. The number of hydrogen-bond acceptors (Lipinski definition) is 7. The Hall–Kier alpha value is -2.82. The molecule has 2 aliphatic rings. The average Bonchev–Trinajstić information content (AvgIpc) is 3.31. The maximum absolute atomic E-state index is 13.1. The van der Waals surface area contributed by atoms with Crippen molar-refractivity contribution in [2.24, 2.45) is 0 Å². The van der Waals surface area contributed by atoms with Crippen LogP contribution in [-0.4, -0.2) is 62.9 Å². The number of ether oxygens (including phenoxy) is 1. The summed E-state index contributed by atoms with van der Waals surface area (Å²) in [6.07, 6.45) is 0.150. The number of hydrogen-bond donors (Lipinski definition) is 3. The maximum atomic E-state index is 13.1. The van der Waals surface area contributed by atoms with Gasteiger partial charge in [-0.05, 0) is 62.7 Å². The van der Waals surface area contributed by atoms with Gasteiger partial charge in [0.2, 0.25) is 15.9 Å². The van der Waals surface area contributed by atoms with Gasteiger partial charge in [-0.25, -0.2) is 19.3 Å². The third-order valence-electron chi connectivity index (χ3n) is 6.24. The molecule has 0 aromatic heterocycles. The average molecular weight is 488 g/mol. The Balaban J connectivity index is 1.33. The highest BCUT2D eigenvalue weighted by Crippen LogP contribution is 2.24. The summed E-state index contributed by atoms with van der Waals surface area (Å²) in [4.78, 5) is 17.3. The highest BCUT2D eigenvalue weighted by Gasteiger charge is 2.40. The molecule has 3 unspecified atom stereocenters. The quantitative estimate of drug-likeness (QED) is 0.549. The number of carbonyl (C=O) groups is 1. The minimum Gasteiger partial charge on any atom is -0.494 e. The van der Waals surface area contributed by atoms with Crippen LogP contribution < -0.4 is 25.2 Å². The van der Waals surface area contributed by atoms with E-state index < -0.39 is 21.4 Å². The SMILES string of the molecule is CCOc1ccc(NS(=O)(=O)C2CC(C(=O)N3CCN(c4cccc(C)c4)C(C)C3)NN2)cc1. The number of nitrogens with zero attached hydrogens (tertiary/aromatic N) is 2. The van der Waals surface area contributed by atoms with Crippen LogP contribution in [0.3, 0.4) is 0 Å². The maximum Gasteiger partial charge on any atom is 0.250 e. The Labute approximate surface area is 201 Å². The molecule has 34 heavy (non-hydrogen) atoms. The van der Waals surface area contributed by atoms with E-state index in [-0.39, 0.29) is 18.4 Å². The number of rotatable bonds is 7. The lowest BCUT2D eigenvalue weighted by atomic mass is 10.1. The van der Waals surface area contributed by atoms with Gasteiger partial charge in [-0.1, -0.05) is 12.1 Å². The van der Waals surface area contributed by atoms with Gasteiger partial charge in [-0.2, -0.15) is 0 Å². The van der Waals surface area contributed by atoms with Crippen molar-refractivity contribution >= 4 is 27.3 Å². The first-order chi connectivity index (χ1) is 16.3. The van der Waals surface area contributed by atoms with Crippen molar-refractivity contribution in [2.75, 3.05) is 35.9 Å². The second-order valence-corrected chi connectivity index (χ2v) is 10.7. The van der Waals surface area contributed by atoms with Crippen molar-refractivity contribution < 1.29 is 17.9 Å². The topological polar surface area (TPSA) is 103 Å². The second-order valence-electron chi connectivity index (χ2n) is 8.84. The monoisotopic (exact) mass is 487 g/mol. The van der Waals surface area contributed by atoms with E-state index >= 15 is 0 Å². The van der Waals surface area contributed by atoms with Crippen molar-refractivity contribution in [3.8, 4) is 5.75 Å². The fourth-order valence-corrected chi connectivity index (χ4v) is 5.76. The van der Waals surface area contributed by atoms with Gasteiger partial charge in [0.15, 0.2) is 0 Å². The van der Waals surface area contributed by atoms with Crippen LogP contribution in [0.1, 0.15) is 25.8 Å². The molecule has 184 valence electrons. The number of anilines is 2. The fraction of sp³-hybridized carbons (Fsp3) is 0.458. The molecule has 2 aromatic carbocycles. The molecule has 9 nitrogen and oxygen atoms in total. The Morgan fingerprint density at radius 2 is 1.91 bits per heavy atom. The lowest BCUT2D eigenvalue weighted by molar-refractivity contribution is -0.133. The van der Waals surface area contributed by atoms with Crippen LogP contribution >= 0.6 is 0 Å². The number of piperazine rings is 1. The van der Waals surface area contributed by atoms with E-state index in [0.717, 1.165) is 12.2 Å². The largest absolute Gasteiger partial charge is 0.494 e. The Morgan fingerprint density at radius 1 is 1.15 bits per heavy atom. The molecule has 2 fully saturated rings. The smallest absolute Gasteiger partial charge is 0.250 e. The lowest BCUT2D eigenvalue weighted by Gasteiger charge is -2.42. The summed E-state index contributed by atoms with van der Waals surface area (Å²) in [6, 6.07) is 14.7. The predicted molar refractivity (Wildman–Crippen MR) is 133 cm³/mol. The fourth-order valence-electron chi connectivity index (χ4n) is 4.48. The van der Waals surface area contributed by atoms with Crippen molar-refractivity contribution in [3.63, 3.8) is 0 Å². The zero-order valence-electron chi connectivity index (χ0n) is 19.8. The summed E-state index contributed by atoms with van der Waals surface area (Å²) in [6.45, 7) is 8.52. The molecular formula is C24H33N5O4S. The van der Waals surface area contributed by atoms with Crippen molar-refractivity contribution in [3.05, 3.63) is 54.1 Å². The molecule has 3 atom stereocenters. The summed E-state index contributed by atoms with van der Waals surface area (Å²) in [5.74, 6) is 0.593. The standard InChI is InChI=1S/C24H33N5O4S/c1-4-33-21-10-8-19(9-11-21)27-34(31,32)23-15-22(25-26-23)24(30)28-12-13-29(18(3)16-28)20-7-5-6-17(2)14-20/h5-11,14,18,22-23,25-27H,4,12-13,15-16H2,1-3H3. The van der Waals surface area contributed by atoms with Gasteiger partial charge in [0, 0.05) is 43.5 Å². The Bertz CT molecular complexity index is 1110. The summed E-state index contributed by atoms with van der Waals surface area (Å²) >= 11 is 0. The number of hydrazine groups is 1. The predicted octanol–water partition coefficient (Wildman–Crippen LogP) is 2.07. The molecular weight excluding hydrogens is 454 g/mol. The molecule has 4 rings (SSSR count). The van der Waals surface area contributed by atoms with E-state index in [1.54, 1.807) is 24.3 Å². The lowest BCUT2D eigenvalue weighted by Crippen LogP contribution is -2.57. The van der Waals surface area contributed by atoms with Crippen LogP contribution in [0.2, 0.25) is 0 Å². The molecule has 3 N–H and O–H groups in total. The summed E-state index contributed by atoms with van der Waals surface area (Å²) < 4.78 is 33.7.